The van der Waals surface area contributed by atoms with Crippen LogP contribution in [-0.2, 0) is 14.0 Å². The summed E-state index contributed by atoms with van der Waals surface area (Å²) in [6.45, 7) is 9.38. The number of benzene rings is 1. The maximum absolute atomic E-state index is 11.0. The normalized spacial score (nSPS) is 28.0. The van der Waals surface area contributed by atoms with Gasteiger partial charge in [0.2, 0.25) is 0 Å². The summed E-state index contributed by atoms with van der Waals surface area (Å²) in [5.41, 5.74) is 0.309. The highest BCUT2D eigenvalue weighted by Crippen LogP contribution is 2.36. The molecule has 1 aromatic rings. The van der Waals surface area contributed by atoms with Gasteiger partial charge >= 0.3 is 13.2 Å². The van der Waals surface area contributed by atoms with Crippen LogP contribution in [0.25, 0.3) is 0 Å². The van der Waals surface area contributed by atoms with Crippen molar-refractivity contribution in [3.8, 4) is 5.75 Å². The number of carbonyl (C=O) groups is 1. The number of carboxylic acid groups (broad SMARTS) is 1. The van der Waals surface area contributed by atoms with E-state index in [4.69, 9.17) is 23.9 Å². The monoisotopic (exact) mass is 445 g/mol. The topological polar surface area (TPSA) is 77.5 Å². The molecule has 7 nitrogen and oxygen atoms in total. The van der Waals surface area contributed by atoms with E-state index >= 15 is 0 Å². The van der Waals surface area contributed by atoms with Gasteiger partial charge in [-0.3, -0.25) is 0 Å². The van der Waals surface area contributed by atoms with Gasteiger partial charge in [0.25, 0.3) is 0 Å². The molecule has 32 heavy (non-hydrogen) atoms. The van der Waals surface area contributed by atoms with Gasteiger partial charge in [-0.25, -0.2) is 4.79 Å². The lowest BCUT2D eigenvalue weighted by molar-refractivity contribution is -0.0641. The molecule has 0 unspecified atom stereocenters. The Bertz CT molecular complexity index is 766. The fraction of sp³-hybridized carbons (Fsp3) is 0.708. The molecule has 0 atom stereocenters. The number of likely N-dealkylation sites (tertiary alicyclic amines) is 1. The number of piperidine rings is 1. The van der Waals surface area contributed by atoms with E-state index in [1.165, 1.54) is 4.90 Å². The van der Waals surface area contributed by atoms with E-state index < -0.39 is 6.09 Å². The molecule has 2 saturated heterocycles. The van der Waals surface area contributed by atoms with Crippen molar-refractivity contribution in [1.82, 2.24) is 4.90 Å². The predicted molar refractivity (Wildman–Crippen MR) is 123 cm³/mol. The standard InChI is InChI=1S/C24H36BNO6/c1-23(2)24(3,4)32-25(31-23)17-5-7-18(8-6-17)29-19-9-11-20(12-10-19)30-21-13-15-26(16-14-21)22(27)28/h5-8,19-21H,9-16H2,1-4H3,(H,27,28)/t19-,20+. The first-order valence-corrected chi connectivity index (χ1v) is 11.9. The van der Waals surface area contributed by atoms with Crippen molar-refractivity contribution in [2.45, 2.75) is 95.7 Å². The van der Waals surface area contributed by atoms with Crippen LogP contribution in [0, 0.1) is 0 Å². The molecule has 3 aliphatic rings. The van der Waals surface area contributed by atoms with Crippen LogP contribution in [0.3, 0.4) is 0 Å². The summed E-state index contributed by atoms with van der Waals surface area (Å²) < 4.78 is 24.7. The van der Waals surface area contributed by atoms with Gasteiger partial charge in [0.05, 0.1) is 29.5 Å². The highest BCUT2D eigenvalue weighted by Gasteiger charge is 2.51. The molecule has 2 aliphatic heterocycles. The van der Waals surface area contributed by atoms with Crippen molar-refractivity contribution in [3.63, 3.8) is 0 Å². The average Bonchev–Trinajstić information content (AvgIpc) is 2.97. The average molecular weight is 445 g/mol. The van der Waals surface area contributed by atoms with Gasteiger partial charge < -0.3 is 28.8 Å². The molecule has 4 rings (SSSR count). The highest BCUT2D eigenvalue weighted by atomic mass is 16.7. The van der Waals surface area contributed by atoms with Crippen molar-refractivity contribution in [1.29, 1.82) is 0 Å². The molecule has 1 amide bonds. The summed E-state index contributed by atoms with van der Waals surface area (Å²) in [6, 6.07) is 8.05. The van der Waals surface area contributed by atoms with Gasteiger partial charge in [0.1, 0.15) is 5.75 Å². The summed E-state index contributed by atoms with van der Waals surface area (Å²) in [4.78, 5) is 12.5. The molecular weight excluding hydrogens is 409 g/mol. The predicted octanol–water partition coefficient (Wildman–Crippen LogP) is 3.83. The first kappa shape index (κ1) is 23.4. The van der Waals surface area contributed by atoms with Crippen LogP contribution in [0.15, 0.2) is 24.3 Å². The van der Waals surface area contributed by atoms with Crippen LogP contribution in [0.4, 0.5) is 4.79 Å². The van der Waals surface area contributed by atoms with E-state index in [2.05, 4.69) is 27.7 Å². The van der Waals surface area contributed by atoms with Gasteiger partial charge in [0, 0.05) is 13.1 Å². The summed E-state index contributed by atoms with van der Waals surface area (Å²) >= 11 is 0. The summed E-state index contributed by atoms with van der Waals surface area (Å²) in [6.07, 6.45) is 5.28. The second kappa shape index (κ2) is 9.24. The first-order valence-electron chi connectivity index (χ1n) is 11.9. The number of nitrogens with zero attached hydrogens (tertiary/aromatic N) is 1. The summed E-state index contributed by atoms with van der Waals surface area (Å²) in [5.74, 6) is 0.871. The fourth-order valence-electron chi connectivity index (χ4n) is 4.62. The smallest absolute Gasteiger partial charge is 0.490 e. The van der Waals surface area contributed by atoms with Crippen molar-refractivity contribution in [2.75, 3.05) is 13.1 Å². The van der Waals surface area contributed by atoms with Gasteiger partial charge in [-0.2, -0.15) is 0 Å². The second-order valence-electron chi connectivity index (χ2n) is 10.3. The van der Waals surface area contributed by atoms with Crippen molar-refractivity contribution in [3.05, 3.63) is 24.3 Å². The SMILES string of the molecule is CC1(C)OB(c2ccc(O[C@H]3CC[C@@H](OC4CCN(C(=O)O)CC4)CC3)cc2)OC1(C)C. The molecule has 1 aliphatic carbocycles. The quantitative estimate of drug-likeness (QED) is 0.695. The Balaban J connectivity index is 1.21. The zero-order valence-corrected chi connectivity index (χ0v) is 19.7. The Morgan fingerprint density at radius 1 is 0.906 bits per heavy atom. The van der Waals surface area contributed by atoms with E-state index in [0.29, 0.717) is 13.1 Å². The van der Waals surface area contributed by atoms with Crippen LogP contribution in [-0.4, -0.2) is 65.8 Å². The summed E-state index contributed by atoms with van der Waals surface area (Å²) in [5, 5.41) is 9.07. The minimum atomic E-state index is -0.829. The Kier molecular flexibility index (Phi) is 6.75. The van der Waals surface area contributed by atoms with Crippen LogP contribution in [0.2, 0.25) is 0 Å². The van der Waals surface area contributed by atoms with E-state index in [-0.39, 0.29) is 36.6 Å². The minimum Gasteiger partial charge on any atom is -0.490 e. The Morgan fingerprint density at radius 2 is 1.41 bits per heavy atom. The molecule has 0 bridgehead atoms. The third-order valence-corrected chi connectivity index (χ3v) is 7.43. The maximum Gasteiger partial charge on any atom is 0.494 e. The number of rotatable bonds is 5. The zero-order chi connectivity index (χ0) is 22.9. The van der Waals surface area contributed by atoms with E-state index in [1.807, 2.05) is 24.3 Å². The maximum atomic E-state index is 11.0. The van der Waals surface area contributed by atoms with Crippen LogP contribution < -0.4 is 10.2 Å². The molecule has 0 aromatic heterocycles. The molecule has 1 saturated carbocycles. The Labute approximate surface area is 191 Å². The van der Waals surface area contributed by atoms with Crippen molar-refractivity contribution in [2.24, 2.45) is 0 Å². The Hall–Kier alpha value is -1.77. The summed E-state index contributed by atoms with van der Waals surface area (Å²) in [7, 11) is -0.357. The van der Waals surface area contributed by atoms with Crippen LogP contribution >= 0.6 is 0 Å². The number of ether oxygens (including phenoxy) is 2. The van der Waals surface area contributed by atoms with E-state index in [9.17, 15) is 4.79 Å². The largest absolute Gasteiger partial charge is 0.494 e. The van der Waals surface area contributed by atoms with Gasteiger partial charge in [-0.1, -0.05) is 12.1 Å². The van der Waals surface area contributed by atoms with E-state index in [0.717, 1.165) is 49.7 Å². The molecule has 0 spiro atoms. The number of amides is 1. The zero-order valence-electron chi connectivity index (χ0n) is 19.7. The highest BCUT2D eigenvalue weighted by molar-refractivity contribution is 6.62. The molecular formula is C24H36BNO6. The lowest BCUT2D eigenvalue weighted by Gasteiger charge is -2.35. The molecule has 176 valence electrons. The molecule has 2 heterocycles. The minimum absolute atomic E-state index is 0.176. The molecule has 1 N–H and O–H groups in total. The fourth-order valence-corrected chi connectivity index (χ4v) is 4.62. The van der Waals surface area contributed by atoms with Crippen molar-refractivity contribution >= 4 is 18.7 Å². The molecule has 3 fully saturated rings. The molecule has 1 aromatic carbocycles. The van der Waals surface area contributed by atoms with Crippen molar-refractivity contribution < 1.29 is 28.7 Å². The van der Waals surface area contributed by atoms with E-state index in [1.54, 1.807) is 0 Å². The van der Waals surface area contributed by atoms with Crippen LogP contribution in [0.5, 0.6) is 5.75 Å². The number of hydrogen-bond donors (Lipinski definition) is 1. The molecule has 0 radical (unpaired) electrons. The second-order valence-corrected chi connectivity index (χ2v) is 10.3. The lowest BCUT2D eigenvalue weighted by atomic mass is 9.79. The first-order chi connectivity index (χ1) is 15.1. The Morgan fingerprint density at radius 3 is 1.94 bits per heavy atom. The lowest BCUT2D eigenvalue weighted by Crippen LogP contribution is -2.41. The van der Waals surface area contributed by atoms with Gasteiger partial charge in [-0.05, 0) is 83.8 Å². The van der Waals surface area contributed by atoms with Gasteiger partial charge in [0.15, 0.2) is 0 Å². The van der Waals surface area contributed by atoms with Crippen LogP contribution in [0.1, 0.15) is 66.2 Å². The third-order valence-electron chi connectivity index (χ3n) is 7.43. The number of hydrogen-bond acceptors (Lipinski definition) is 5. The van der Waals surface area contributed by atoms with Gasteiger partial charge in [-0.15, -0.1) is 0 Å². The third kappa shape index (κ3) is 5.24. The molecule has 8 heteroatoms.